The minimum Gasteiger partial charge on any atom is -0.345 e. The lowest BCUT2D eigenvalue weighted by atomic mass is 10.1. The van der Waals surface area contributed by atoms with Crippen molar-refractivity contribution >= 4 is 10.8 Å². The van der Waals surface area contributed by atoms with E-state index in [9.17, 15) is 0 Å². The number of fused-ring (bicyclic) bond motifs is 1. The van der Waals surface area contributed by atoms with Gasteiger partial charge in [-0.1, -0.05) is 36.4 Å². The largest absolute Gasteiger partial charge is 0.345 e. The predicted molar refractivity (Wildman–Crippen MR) is 61.5 cm³/mol. The first kappa shape index (κ1) is 8.24. The number of rotatable bonds is 1. The summed E-state index contributed by atoms with van der Waals surface area (Å²) < 4.78 is 0. The van der Waals surface area contributed by atoms with Crippen LogP contribution < -0.4 is 0 Å². The number of H-pyrrole nitrogens is 1. The smallest absolute Gasteiger partial charge is 0.137 e. The Morgan fingerprint density at radius 3 is 2.60 bits per heavy atom. The number of nitrogens with zero attached hydrogens (tertiary/aromatic N) is 1. The lowest BCUT2D eigenvalue weighted by Gasteiger charge is -2.00. The van der Waals surface area contributed by atoms with E-state index in [0.717, 1.165) is 11.4 Å². The van der Waals surface area contributed by atoms with Gasteiger partial charge in [0.1, 0.15) is 5.82 Å². The van der Waals surface area contributed by atoms with Crippen LogP contribution in [0.15, 0.2) is 54.9 Å². The van der Waals surface area contributed by atoms with E-state index >= 15 is 0 Å². The van der Waals surface area contributed by atoms with Crippen molar-refractivity contribution in [2.75, 3.05) is 0 Å². The van der Waals surface area contributed by atoms with E-state index in [1.54, 1.807) is 6.20 Å². The first-order chi connectivity index (χ1) is 7.43. The lowest BCUT2D eigenvalue weighted by molar-refractivity contribution is 1.31. The number of aromatic amines is 1. The van der Waals surface area contributed by atoms with Gasteiger partial charge in [-0.2, -0.15) is 0 Å². The normalized spacial score (nSPS) is 10.7. The van der Waals surface area contributed by atoms with Crippen molar-refractivity contribution < 1.29 is 0 Å². The van der Waals surface area contributed by atoms with Crippen LogP contribution >= 0.6 is 0 Å². The fourth-order valence-corrected chi connectivity index (χ4v) is 1.76. The van der Waals surface area contributed by atoms with E-state index in [0.29, 0.717) is 0 Å². The van der Waals surface area contributed by atoms with E-state index in [4.69, 9.17) is 0 Å². The molecule has 0 saturated heterocycles. The third-order valence-corrected chi connectivity index (χ3v) is 2.52. The molecule has 2 nitrogen and oxygen atoms in total. The van der Waals surface area contributed by atoms with Crippen LogP contribution in [0, 0.1) is 0 Å². The van der Waals surface area contributed by atoms with Gasteiger partial charge in [-0.05, 0) is 16.8 Å². The molecule has 72 valence electrons. The molecule has 1 aromatic heterocycles. The van der Waals surface area contributed by atoms with Crippen molar-refractivity contribution in [2.24, 2.45) is 0 Å². The maximum atomic E-state index is 4.24. The molecular formula is C13H10N2. The van der Waals surface area contributed by atoms with Crippen LogP contribution in [0.3, 0.4) is 0 Å². The molecule has 3 aromatic rings. The molecule has 2 heteroatoms. The van der Waals surface area contributed by atoms with Crippen LogP contribution in [0.1, 0.15) is 0 Å². The van der Waals surface area contributed by atoms with Crippen LogP contribution in [0.2, 0.25) is 0 Å². The van der Waals surface area contributed by atoms with Gasteiger partial charge in [0.25, 0.3) is 0 Å². The first-order valence-electron chi connectivity index (χ1n) is 4.92. The molecule has 0 unspecified atom stereocenters. The van der Waals surface area contributed by atoms with Gasteiger partial charge in [0.2, 0.25) is 0 Å². The molecule has 1 heterocycles. The highest BCUT2D eigenvalue weighted by Gasteiger charge is 2.00. The van der Waals surface area contributed by atoms with Crippen LogP contribution in [-0.4, -0.2) is 9.97 Å². The van der Waals surface area contributed by atoms with Crippen LogP contribution in [-0.2, 0) is 0 Å². The van der Waals surface area contributed by atoms with Gasteiger partial charge >= 0.3 is 0 Å². The number of hydrogen-bond acceptors (Lipinski definition) is 1. The zero-order chi connectivity index (χ0) is 10.1. The summed E-state index contributed by atoms with van der Waals surface area (Å²) in [5, 5.41) is 2.50. The van der Waals surface area contributed by atoms with Crippen LogP contribution in [0.25, 0.3) is 22.2 Å². The highest BCUT2D eigenvalue weighted by atomic mass is 14.9. The molecule has 0 radical (unpaired) electrons. The van der Waals surface area contributed by atoms with Gasteiger partial charge < -0.3 is 4.98 Å². The summed E-state index contributed by atoms with van der Waals surface area (Å²) in [6.45, 7) is 0. The zero-order valence-corrected chi connectivity index (χ0v) is 8.14. The Balaban J connectivity index is 2.22. The lowest BCUT2D eigenvalue weighted by Crippen LogP contribution is -1.80. The molecule has 0 aliphatic rings. The standard InChI is InChI=1S/C13H10N2/c1-2-4-11-9-12(6-5-10(11)3-1)13-14-7-8-15-13/h1-9H,(H,14,15). The van der Waals surface area contributed by atoms with Gasteiger partial charge in [0, 0.05) is 18.0 Å². The Kier molecular flexibility index (Phi) is 1.78. The third-order valence-electron chi connectivity index (χ3n) is 2.52. The number of imidazole rings is 1. The summed E-state index contributed by atoms with van der Waals surface area (Å²) in [7, 11) is 0. The van der Waals surface area contributed by atoms with Gasteiger partial charge in [0.15, 0.2) is 0 Å². The Morgan fingerprint density at radius 2 is 1.80 bits per heavy atom. The van der Waals surface area contributed by atoms with E-state index in [2.05, 4.69) is 46.4 Å². The summed E-state index contributed by atoms with van der Waals surface area (Å²) >= 11 is 0. The molecule has 0 bridgehead atoms. The maximum Gasteiger partial charge on any atom is 0.137 e. The fourth-order valence-electron chi connectivity index (χ4n) is 1.76. The fraction of sp³-hybridized carbons (Fsp3) is 0. The number of benzene rings is 2. The van der Waals surface area contributed by atoms with Crippen LogP contribution in [0.4, 0.5) is 0 Å². The number of hydrogen-bond donors (Lipinski definition) is 1. The Hall–Kier alpha value is -2.09. The number of aromatic nitrogens is 2. The summed E-state index contributed by atoms with van der Waals surface area (Å²) in [5.41, 5.74) is 1.12. The molecular weight excluding hydrogens is 184 g/mol. The molecule has 0 atom stereocenters. The minimum atomic E-state index is 0.917. The molecule has 0 amide bonds. The van der Waals surface area contributed by atoms with E-state index < -0.39 is 0 Å². The highest BCUT2D eigenvalue weighted by molar-refractivity contribution is 5.86. The van der Waals surface area contributed by atoms with E-state index in [1.807, 2.05) is 12.3 Å². The molecule has 1 N–H and O–H groups in total. The van der Waals surface area contributed by atoms with Crippen molar-refractivity contribution in [3.63, 3.8) is 0 Å². The Morgan fingerprint density at radius 1 is 0.933 bits per heavy atom. The maximum absolute atomic E-state index is 4.24. The molecule has 0 saturated carbocycles. The SMILES string of the molecule is c1ccc2cc(-c3ncc[nH]3)ccc2c1. The third kappa shape index (κ3) is 1.40. The van der Waals surface area contributed by atoms with Gasteiger partial charge in [0.05, 0.1) is 0 Å². The van der Waals surface area contributed by atoms with Gasteiger partial charge in [-0.25, -0.2) is 4.98 Å². The summed E-state index contributed by atoms with van der Waals surface area (Å²) in [6, 6.07) is 14.7. The molecule has 0 aliphatic carbocycles. The topological polar surface area (TPSA) is 28.7 Å². The molecule has 0 fully saturated rings. The zero-order valence-electron chi connectivity index (χ0n) is 8.14. The summed E-state index contributed by atoms with van der Waals surface area (Å²) in [6.07, 6.45) is 3.61. The molecule has 3 rings (SSSR count). The second kappa shape index (κ2) is 3.24. The van der Waals surface area contributed by atoms with E-state index in [-0.39, 0.29) is 0 Å². The van der Waals surface area contributed by atoms with Crippen molar-refractivity contribution in [1.29, 1.82) is 0 Å². The number of nitrogens with one attached hydrogen (secondary N) is 1. The van der Waals surface area contributed by atoms with Crippen molar-refractivity contribution in [1.82, 2.24) is 9.97 Å². The monoisotopic (exact) mass is 194 g/mol. The molecule has 15 heavy (non-hydrogen) atoms. The average molecular weight is 194 g/mol. The van der Waals surface area contributed by atoms with E-state index in [1.165, 1.54) is 10.8 Å². The Labute approximate surface area is 87.6 Å². The highest BCUT2D eigenvalue weighted by Crippen LogP contribution is 2.21. The predicted octanol–water partition coefficient (Wildman–Crippen LogP) is 3.23. The second-order valence-corrected chi connectivity index (χ2v) is 3.50. The van der Waals surface area contributed by atoms with Crippen molar-refractivity contribution in [2.45, 2.75) is 0 Å². The van der Waals surface area contributed by atoms with Gasteiger partial charge in [-0.3, -0.25) is 0 Å². The Bertz CT molecular complexity index is 582. The quantitative estimate of drug-likeness (QED) is 0.633. The van der Waals surface area contributed by atoms with Crippen LogP contribution in [0.5, 0.6) is 0 Å². The molecule has 2 aromatic carbocycles. The van der Waals surface area contributed by atoms with Gasteiger partial charge in [-0.15, -0.1) is 0 Å². The van der Waals surface area contributed by atoms with Crippen molar-refractivity contribution in [3.8, 4) is 11.4 Å². The molecule has 0 aliphatic heterocycles. The first-order valence-corrected chi connectivity index (χ1v) is 4.92. The summed E-state index contributed by atoms with van der Waals surface area (Å²) in [5.74, 6) is 0.917. The second-order valence-electron chi connectivity index (χ2n) is 3.50. The average Bonchev–Trinajstić information content (AvgIpc) is 2.82. The molecule has 0 spiro atoms. The minimum absolute atomic E-state index is 0.917. The summed E-state index contributed by atoms with van der Waals surface area (Å²) in [4.78, 5) is 7.34. The van der Waals surface area contributed by atoms with Crippen molar-refractivity contribution in [3.05, 3.63) is 54.9 Å².